The molecule has 0 aliphatic heterocycles. The van der Waals surface area contributed by atoms with Crippen molar-refractivity contribution in [3.63, 3.8) is 0 Å². The summed E-state index contributed by atoms with van der Waals surface area (Å²) in [4.78, 5) is 36.1. The topological polar surface area (TPSA) is 72.5 Å². The van der Waals surface area contributed by atoms with E-state index in [0.717, 1.165) is 0 Å². The van der Waals surface area contributed by atoms with E-state index < -0.39 is 11.9 Å². The molecule has 0 aromatic rings. The Balaban J connectivity index is 3.36. The molecule has 1 N–H and O–H groups in total. The largest absolute Gasteiger partial charge is 0.341 e. The zero-order chi connectivity index (χ0) is 11.0. The SMILES string of the molecule is CC(=O)CCCCC(=O)ONC(C)=O. The lowest BCUT2D eigenvalue weighted by Gasteiger charge is -2.02. The first-order valence-electron chi connectivity index (χ1n) is 4.48. The number of hydroxylamine groups is 1. The van der Waals surface area contributed by atoms with Gasteiger partial charge in [-0.1, -0.05) is 0 Å². The molecule has 0 spiro atoms. The maximum absolute atomic E-state index is 10.9. The van der Waals surface area contributed by atoms with Gasteiger partial charge < -0.3 is 9.63 Å². The van der Waals surface area contributed by atoms with Crippen molar-refractivity contribution in [2.24, 2.45) is 0 Å². The molecule has 0 fully saturated rings. The van der Waals surface area contributed by atoms with Gasteiger partial charge in [-0.05, 0) is 19.8 Å². The van der Waals surface area contributed by atoms with Gasteiger partial charge in [0, 0.05) is 19.8 Å². The van der Waals surface area contributed by atoms with Gasteiger partial charge in [-0.3, -0.25) is 4.79 Å². The van der Waals surface area contributed by atoms with Crippen LogP contribution in [-0.4, -0.2) is 17.7 Å². The van der Waals surface area contributed by atoms with Crippen molar-refractivity contribution in [3.05, 3.63) is 0 Å². The number of amides is 1. The van der Waals surface area contributed by atoms with E-state index in [9.17, 15) is 14.4 Å². The number of Topliss-reactive ketones (excluding diaryl/α,β-unsaturated/α-hetero) is 1. The lowest BCUT2D eigenvalue weighted by atomic mass is 10.1. The third-order valence-corrected chi connectivity index (χ3v) is 1.47. The Morgan fingerprint density at radius 2 is 1.64 bits per heavy atom. The molecule has 0 aromatic heterocycles. The molecule has 0 unspecified atom stereocenters. The third kappa shape index (κ3) is 8.70. The second kappa shape index (κ2) is 7.06. The molecule has 0 heterocycles. The van der Waals surface area contributed by atoms with E-state index in [0.29, 0.717) is 19.3 Å². The van der Waals surface area contributed by atoms with Gasteiger partial charge in [0.1, 0.15) is 5.78 Å². The summed E-state index contributed by atoms with van der Waals surface area (Å²) in [6, 6.07) is 0. The fourth-order valence-corrected chi connectivity index (χ4v) is 0.823. The highest BCUT2D eigenvalue weighted by Gasteiger charge is 2.04. The van der Waals surface area contributed by atoms with Crippen molar-refractivity contribution in [2.75, 3.05) is 0 Å². The number of nitrogens with one attached hydrogen (secondary N) is 1. The van der Waals surface area contributed by atoms with Crippen LogP contribution in [0.4, 0.5) is 0 Å². The molecular formula is C9H15NO4. The highest BCUT2D eigenvalue weighted by Crippen LogP contribution is 2.01. The first kappa shape index (κ1) is 12.6. The zero-order valence-corrected chi connectivity index (χ0v) is 8.46. The minimum Gasteiger partial charge on any atom is -0.341 e. The van der Waals surface area contributed by atoms with Crippen molar-refractivity contribution < 1.29 is 19.2 Å². The van der Waals surface area contributed by atoms with Gasteiger partial charge in [0.05, 0.1) is 0 Å². The Morgan fingerprint density at radius 1 is 1.07 bits per heavy atom. The van der Waals surface area contributed by atoms with Crippen LogP contribution in [0.25, 0.3) is 0 Å². The number of carbonyl (C=O) groups is 3. The van der Waals surface area contributed by atoms with E-state index in [1.807, 2.05) is 5.48 Å². The highest BCUT2D eigenvalue weighted by atomic mass is 16.7. The minimum atomic E-state index is -0.483. The fourth-order valence-electron chi connectivity index (χ4n) is 0.823. The summed E-state index contributed by atoms with van der Waals surface area (Å²) in [5, 5.41) is 0. The van der Waals surface area contributed by atoms with E-state index >= 15 is 0 Å². The number of hydrogen-bond acceptors (Lipinski definition) is 4. The monoisotopic (exact) mass is 201 g/mol. The average Bonchev–Trinajstić information content (AvgIpc) is 2.08. The second-order valence-electron chi connectivity index (χ2n) is 3.04. The van der Waals surface area contributed by atoms with Crippen molar-refractivity contribution in [3.8, 4) is 0 Å². The zero-order valence-electron chi connectivity index (χ0n) is 8.46. The smallest absolute Gasteiger partial charge is 0.332 e. The molecule has 1 amide bonds. The molecule has 0 bridgehead atoms. The Bertz CT molecular complexity index is 225. The Morgan fingerprint density at radius 3 is 2.14 bits per heavy atom. The highest BCUT2D eigenvalue weighted by molar-refractivity contribution is 5.76. The summed E-state index contributed by atoms with van der Waals surface area (Å²) >= 11 is 0. The molecule has 0 atom stereocenters. The Kier molecular flexibility index (Phi) is 6.36. The van der Waals surface area contributed by atoms with Crippen molar-refractivity contribution in [1.29, 1.82) is 0 Å². The number of rotatable bonds is 5. The van der Waals surface area contributed by atoms with Crippen LogP contribution in [0.2, 0.25) is 0 Å². The van der Waals surface area contributed by atoms with Gasteiger partial charge in [-0.15, -0.1) is 0 Å². The molecule has 80 valence electrons. The van der Waals surface area contributed by atoms with Gasteiger partial charge in [0.15, 0.2) is 0 Å². The quantitative estimate of drug-likeness (QED) is 0.525. The van der Waals surface area contributed by atoms with E-state index in [1.165, 1.54) is 13.8 Å². The molecule has 0 aromatic carbocycles. The van der Waals surface area contributed by atoms with Crippen LogP contribution in [0, 0.1) is 0 Å². The molecule has 0 aliphatic carbocycles. The molecule has 14 heavy (non-hydrogen) atoms. The van der Waals surface area contributed by atoms with Crippen LogP contribution >= 0.6 is 0 Å². The standard InChI is InChI=1S/C9H15NO4/c1-7(11)5-3-4-6-9(13)14-10-8(2)12/h3-6H2,1-2H3,(H,10,12). The van der Waals surface area contributed by atoms with Gasteiger partial charge in [-0.25, -0.2) is 4.79 Å². The van der Waals surface area contributed by atoms with Crippen molar-refractivity contribution in [1.82, 2.24) is 5.48 Å². The molecule has 0 aliphatic rings. The van der Waals surface area contributed by atoms with Gasteiger partial charge in [0.25, 0.3) is 0 Å². The Labute approximate surface area is 82.8 Å². The van der Waals surface area contributed by atoms with E-state index in [-0.39, 0.29) is 12.2 Å². The molecule has 0 rings (SSSR count). The average molecular weight is 201 g/mol. The van der Waals surface area contributed by atoms with Gasteiger partial charge >= 0.3 is 5.97 Å². The van der Waals surface area contributed by atoms with E-state index in [1.54, 1.807) is 0 Å². The first-order chi connectivity index (χ1) is 6.52. The number of ketones is 1. The fraction of sp³-hybridized carbons (Fsp3) is 0.667. The van der Waals surface area contributed by atoms with Crippen LogP contribution in [0.1, 0.15) is 39.5 Å². The maximum Gasteiger partial charge on any atom is 0.332 e. The molecular weight excluding hydrogens is 186 g/mol. The maximum atomic E-state index is 10.9. The molecule has 5 heteroatoms. The normalized spacial score (nSPS) is 9.29. The van der Waals surface area contributed by atoms with Gasteiger partial charge in [0.2, 0.25) is 5.91 Å². The van der Waals surface area contributed by atoms with Crippen LogP contribution < -0.4 is 5.48 Å². The summed E-state index contributed by atoms with van der Waals surface area (Å²) in [5.41, 5.74) is 1.94. The molecule has 0 radical (unpaired) electrons. The second-order valence-corrected chi connectivity index (χ2v) is 3.04. The number of hydrogen-bond donors (Lipinski definition) is 1. The van der Waals surface area contributed by atoms with Crippen LogP contribution in [0.3, 0.4) is 0 Å². The lowest BCUT2D eigenvalue weighted by Crippen LogP contribution is -2.24. The van der Waals surface area contributed by atoms with Crippen molar-refractivity contribution in [2.45, 2.75) is 39.5 Å². The van der Waals surface area contributed by atoms with Crippen molar-refractivity contribution >= 4 is 17.7 Å². The number of carbonyl (C=O) groups excluding carboxylic acids is 3. The number of unbranched alkanes of at least 4 members (excludes halogenated alkanes) is 1. The summed E-state index contributed by atoms with van der Waals surface area (Å²) in [5.74, 6) is -0.786. The summed E-state index contributed by atoms with van der Waals surface area (Å²) in [6.45, 7) is 2.76. The van der Waals surface area contributed by atoms with Crippen LogP contribution in [0.15, 0.2) is 0 Å². The minimum absolute atomic E-state index is 0.111. The van der Waals surface area contributed by atoms with Crippen LogP contribution in [-0.2, 0) is 19.2 Å². The van der Waals surface area contributed by atoms with Gasteiger partial charge in [-0.2, -0.15) is 5.48 Å². The predicted octanol–water partition coefficient (Wildman–Crippen LogP) is 0.730. The lowest BCUT2D eigenvalue weighted by molar-refractivity contribution is -0.157. The molecule has 0 saturated carbocycles. The Hall–Kier alpha value is -1.39. The summed E-state index contributed by atoms with van der Waals surface area (Å²) < 4.78 is 0. The molecule has 0 saturated heterocycles. The predicted molar refractivity (Wildman–Crippen MR) is 49.1 cm³/mol. The molecule has 5 nitrogen and oxygen atoms in total. The summed E-state index contributed by atoms with van der Waals surface area (Å²) in [7, 11) is 0. The van der Waals surface area contributed by atoms with E-state index in [2.05, 4.69) is 4.84 Å². The summed E-state index contributed by atoms with van der Waals surface area (Å²) in [6.07, 6.45) is 1.96. The van der Waals surface area contributed by atoms with Crippen LogP contribution in [0.5, 0.6) is 0 Å². The van der Waals surface area contributed by atoms with E-state index in [4.69, 9.17) is 0 Å². The first-order valence-corrected chi connectivity index (χ1v) is 4.48. The third-order valence-electron chi connectivity index (χ3n) is 1.47.